The molecule has 0 amide bonds. The van der Waals surface area contributed by atoms with Crippen molar-refractivity contribution in [3.63, 3.8) is 0 Å². The van der Waals surface area contributed by atoms with Crippen molar-refractivity contribution in [1.29, 1.82) is 0 Å². The van der Waals surface area contributed by atoms with Crippen LogP contribution in [0.15, 0.2) is 12.2 Å². The highest BCUT2D eigenvalue weighted by atomic mass is 16.5. The van der Waals surface area contributed by atoms with Crippen molar-refractivity contribution < 1.29 is 29.3 Å². The lowest BCUT2D eigenvalue weighted by Gasteiger charge is -2.32. The van der Waals surface area contributed by atoms with E-state index in [-0.39, 0.29) is 36.4 Å². The number of carbonyl (C=O) groups excluding carboxylic acids is 2. The molecule has 0 radical (unpaired) electrons. The van der Waals surface area contributed by atoms with Gasteiger partial charge in [-0.25, -0.2) is 4.79 Å². The van der Waals surface area contributed by atoms with Gasteiger partial charge in [-0.05, 0) is 51.9 Å². The largest absolute Gasteiger partial charge is 0.465 e. The van der Waals surface area contributed by atoms with Crippen LogP contribution in [0.4, 0.5) is 0 Å². The topological polar surface area (TPSA) is 93.1 Å². The first kappa shape index (κ1) is 22.6. The zero-order chi connectivity index (χ0) is 19.7. The Balaban J connectivity index is 2.45. The van der Waals surface area contributed by atoms with E-state index in [1.54, 1.807) is 13.8 Å². The van der Waals surface area contributed by atoms with E-state index < -0.39 is 12.1 Å². The summed E-state index contributed by atoms with van der Waals surface area (Å²) in [5.74, 6) is -1.02. The van der Waals surface area contributed by atoms with Gasteiger partial charge in [0.05, 0.1) is 31.3 Å². The van der Waals surface area contributed by atoms with Crippen LogP contribution >= 0.6 is 0 Å². The van der Waals surface area contributed by atoms with Gasteiger partial charge in [-0.15, -0.1) is 0 Å². The molecule has 0 aliphatic heterocycles. The van der Waals surface area contributed by atoms with Crippen molar-refractivity contribution in [3.8, 4) is 0 Å². The van der Waals surface area contributed by atoms with Gasteiger partial charge in [-0.2, -0.15) is 0 Å². The Morgan fingerprint density at radius 1 is 1.23 bits per heavy atom. The van der Waals surface area contributed by atoms with E-state index in [0.717, 1.165) is 12.8 Å². The minimum atomic E-state index is -0.577. The van der Waals surface area contributed by atoms with E-state index in [2.05, 4.69) is 6.58 Å². The average Bonchev–Trinajstić information content (AvgIpc) is 2.60. The second-order valence-electron chi connectivity index (χ2n) is 7.55. The molecule has 2 N–H and O–H groups in total. The van der Waals surface area contributed by atoms with E-state index in [9.17, 15) is 19.8 Å². The predicted molar refractivity (Wildman–Crippen MR) is 98.3 cm³/mol. The third kappa shape index (κ3) is 7.87. The maximum absolute atomic E-state index is 12.4. The first-order valence-corrected chi connectivity index (χ1v) is 9.59. The van der Waals surface area contributed by atoms with Crippen molar-refractivity contribution in [2.45, 2.75) is 71.5 Å². The van der Waals surface area contributed by atoms with Crippen molar-refractivity contribution in [3.05, 3.63) is 12.2 Å². The minimum Gasteiger partial charge on any atom is -0.465 e. The van der Waals surface area contributed by atoms with E-state index >= 15 is 0 Å². The highest BCUT2D eigenvalue weighted by Gasteiger charge is 2.34. The predicted octanol–water partition coefficient (Wildman–Crippen LogP) is 2.61. The molecule has 0 aromatic rings. The van der Waals surface area contributed by atoms with E-state index in [0.29, 0.717) is 37.9 Å². The van der Waals surface area contributed by atoms with Gasteiger partial charge in [0.2, 0.25) is 0 Å². The summed E-state index contributed by atoms with van der Waals surface area (Å²) in [6.07, 6.45) is 3.01. The van der Waals surface area contributed by atoms with Crippen molar-refractivity contribution in [2.24, 2.45) is 17.8 Å². The summed E-state index contributed by atoms with van der Waals surface area (Å²) in [5.41, 5.74) is 0.314. The zero-order valence-corrected chi connectivity index (χ0v) is 16.3. The Morgan fingerprint density at radius 3 is 2.50 bits per heavy atom. The maximum atomic E-state index is 12.4. The summed E-state index contributed by atoms with van der Waals surface area (Å²) in [4.78, 5) is 23.9. The monoisotopic (exact) mass is 370 g/mol. The molecule has 150 valence electrons. The number of ether oxygens (including phenoxy) is 2. The lowest BCUT2D eigenvalue weighted by molar-refractivity contribution is -0.154. The van der Waals surface area contributed by atoms with Crippen LogP contribution in [0.3, 0.4) is 0 Å². The van der Waals surface area contributed by atoms with Gasteiger partial charge in [-0.1, -0.05) is 19.9 Å². The summed E-state index contributed by atoms with van der Waals surface area (Å²) in [6, 6.07) is 0. The fourth-order valence-electron chi connectivity index (χ4n) is 3.15. The third-order valence-corrected chi connectivity index (χ3v) is 5.08. The highest BCUT2D eigenvalue weighted by Crippen LogP contribution is 2.31. The molecule has 1 rings (SSSR count). The van der Waals surface area contributed by atoms with Crippen molar-refractivity contribution in [2.75, 3.05) is 13.2 Å². The number of aliphatic hydroxyl groups excluding tert-OH is 2. The molecule has 0 aromatic carbocycles. The van der Waals surface area contributed by atoms with Gasteiger partial charge in [0.1, 0.15) is 0 Å². The van der Waals surface area contributed by atoms with E-state index in [1.807, 2.05) is 6.92 Å². The second kappa shape index (κ2) is 11.3. The van der Waals surface area contributed by atoms with Gasteiger partial charge in [-0.3, -0.25) is 4.79 Å². The van der Waals surface area contributed by atoms with Gasteiger partial charge in [0, 0.05) is 11.5 Å². The Morgan fingerprint density at radius 2 is 1.92 bits per heavy atom. The number of carbonyl (C=O) groups is 2. The van der Waals surface area contributed by atoms with Crippen LogP contribution in [-0.4, -0.2) is 47.6 Å². The van der Waals surface area contributed by atoms with Crippen LogP contribution in [0, 0.1) is 17.8 Å². The molecule has 0 aromatic heterocycles. The van der Waals surface area contributed by atoms with Crippen molar-refractivity contribution >= 4 is 11.9 Å². The van der Waals surface area contributed by atoms with E-state index in [4.69, 9.17) is 9.47 Å². The molecule has 1 aliphatic rings. The second-order valence-corrected chi connectivity index (χ2v) is 7.55. The first-order chi connectivity index (χ1) is 12.2. The Bertz CT molecular complexity index is 473. The highest BCUT2D eigenvalue weighted by molar-refractivity contribution is 5.86. The summed E-state index contributed by atoms with van der Waals surface area (Å²) in [6.45, 7) is 9.35. The molecule has 0 heterocycles. The molecule has 1 saturated carbocycles. The molecule has 6 heteroatoms. The van der Waals surface area contributed by atoms with Crippen LogP contribution in [0.25, 0.3) is 0 Å². The number of esters is 2. The molecule has 5 atom stereocenters. The quantitative estimate of drug-likeness (QED) is 0.454. The van der Waals surface area contributed by atoms with Crippen LogP contribution in [-0.2, 0) is 19.1 Å². The fourth-order valence-corrected chi connectivity index (χ4v) is 3.15. The molecule has 1 aliphatic carbocycles. The van der Waals surface area contributed by atoms with Crippen LogP contribution in [0.1, 0.15) is 59.3 Å². The summed E-state index contributed by atoms with van der Waals surface area (Å²) >= 11 is 0. The Labute approximate surface area is 156 Å². The van der Waals surface area contributed by atoms with Gasteiger partial charge in [0.25, 0.3) is 0 Å². The number of aliphatic hydroxyl groups is 2. The molecule has 26 heavy (non-hydrogen) atoms. The lowest BCUT2D eigenvalue weighted by Crippen LogP contribution is -2.36. The maximum Gasteiger partial charge on any atom is 0.333 e. The standard InChI is InChI=1S/C20H34O6/c1-5-15(7-6-14(4)21)11-25-20(24)16-8-9-18(22)17(10-16)12-26-19(23)13(2)3/h14-18,21-22H,2,5-12H2,1,3-4H3. The Hall–Kier alpha value is -1.40. The smallest absolute Gasteiger partial charge is 0.333 e. The van der Waals surface area contributed by atoms with Gasteiger partial charge >= 0.3 is 11.9 Å². The molecule has 6 nitrogen and oxygen atoms in total. The SMILES string of the molecule is C=C(C)C(=O)OCC1CC(C(=O)OCC(CC)CCC(C)O)CCC1O. The summed E-state index contributed by atoms with van der Waals surface area (Å²) < 4.78 is 10.6. The number of hydrogen-bond acceptors (Lipinski definition) is 6. The zero-order valence-electron chi connectivity index (χ0n) is 16.3. The third-order valence-electron chi connectivity index (χ3n) is 5.08. The van der Waals surface area contributed by atoms with E-state index in [1.165, 1.54) is 0 Å². The van der Waals surface area contributed by atoms with Crippen LogP contribution in [0.5, 0.6) is 0 Å². The normalized spacial score (nSPS) is 25.2. The Kier molecular flexibility index (Phi) is 9.88. The number of rotatable bonds is 10. The van der Waals surface area contributed by atoms with Crippen molar-refractivity contribution in [1.82, 2.24) is 0 Å². The summed E-state index contributed by atoms with van der Waals surface area (Å²) in [5, 5.41) is 19.5. The lowest BCUT2D eigenvalue weighted by atomic mass is 9.80. The molecule has 0 saturated heterocycles. The first-order valence-electron chi connectivity index (χ1n) is 9.59. The average molecular weight is 370 g/mol. The molecule has 0 bridgehead atoms. The fraction of sp³-hybridized carbons (Fsp3) is 0.800. The number of hydrogen-bond donors (Lipinski definition) is 2. The molecular formula is C20H34O6. The van der Waals surface area contributed by atoms with Crippen LogP contribution in [0.2, 0.25) is 0 Å². The minimum absolute atomic E-state index is 0.0859. The van der Waals surface area contributed by atoms with Gasteiger partial charge < -0.3 is 19.7 Å². The van der Waals surface area contributed by atoms with Crippen LogP contribution < -0.4 is 0 Å². The molecular weight excluding hydrogens is 336 g/mol. The molecule has 0 spiro atoms. The molecule has 5 unspecified atom stereocenters. The van der Waals surface area contributed by atoms with Gasteiger partial charge in [0.15, 0.2) is 0 Å². The molecule has 1 fully saturated rings. The summed E-state index contributed by atoms with van der Waals surface area (Å²) in [7, 11) is 0.